The van der Waals surface area contributed by atoms with Gasteiger partial charge in [0.2, 0.25) is 0 Å². The van der Waals surface area contributed by atoms with E-state index in [4.69, 9.17) is 0 Å². The Labute approximate surface area is 156 Å². The normalized spacial score (nSPS) is 13.6. The molecule has 0 aliphatic carbocycles. The van der Waals surface area contributed by atoms with Crippen molar-refractivity contribution in [2.45, 2.75) is 36.4 Å². The van der Waals surface area contributed by atoms with Crippen LogP contribution in [-0.4, -0.2) is 30.9 Å². The molecular formula is C17H20N2O5S2. The first-order chi connectivity index (χ1) is 12.2. The van der Waals surface area contributed by atoms with Crippen LogP contribution in [0.5, 0.6) is 0 Å². The predicted octanol–water partition coefficient (Wildman–Crippen LogP) is 2.92. The van der Waals surface area contributed by atoms with Gasteiger partial charge in [-0.3, -0.25) is 9.52 Å². The van der Waals surface area contributed by atoms with Gasteiger partial charge in [-0.15, -0.1) is 11.3 Å². The first-order valence-corrected chi connectivity index (χ1v) is 10.3. The number of thiophene rings is 1. The average Bonchev–Trinajstić information content (AvgIpc) is 3.10. The van der Waals surface area contributed by atoms with Crippen molar-refractivity contribution < 1.29 is 23.1 Å². The molecule has 26 heavy (non-hydrogen) atoms. The van der Waals surface area contributed by atoms with E-state index in [9.17, 15) is 23.1 Å². The standard InChI is InChI=1S/C17H20N2O5S2/c1-3-9-17(2,16(21)22)18-15(20)12-6-4-7-13(11-12)19-26(23,24)14-8-5-10-25-14/h4-8,10-11,19H,3,9H2,1-2H3,(H,18,20)(H,21,22). The Morgan fingerprint density at radius 1 is 1.23 bits per heavy atom. The summed E-state index contributed by atoms with van der Waals surface area (Å²) in [4.78, 5) is 23.9. The summed E-state index contributed by atoms with van der Waals surface area (Å²) in [6.45, 7) is 3.27. The monoisotopic (exact) mass is 396 g/mol. The average molecular weight is 396 g/mol. The lowest BCUT2D eigenvalue weighted by atomic mass is 9.95. The number of hydrogen-bond acceptors (Lipinski definition) is 5. The number of hydrogen-bond donors (Lipinski definition) is 3. The molecule has 7 nitrogen and oxygen atoms in total. The highest BCUT2D eigenvalue weighted by Crippen LogP contribution is 2.21. The van der Waals surface area contributed by atoms with Gasteiger partial charge in [0, 0.05) is 11.3 Å². The molecule has 3 N–H and O–H groups in total. The van der Waals surface area contributed by atoms with Crippen molar-refractivity contribution in [1.82, 2.24) is 5.32 Å². The molecule has 0 saturated heterocycles. The fourth-order valence-electron chi connectivity index (χ4n) is 2.39. The maximum absolute atomic E-state index is 12.4. The summed E-state index contributed by atoms with van der Waals surface area (Å²) in [5, 5.41) is 13.5. The lowest BCUT2D eigenvalue weighted by molar-refractivity contribution is -0.144. The molecule has 0 saturated carbocycles. The number of rotatable bonds is 8. The third-order valence-corrected chi connectivity index (χ3v) is 6.53. The van der Waals surface area contributed by atoms with Crippen molar-refractivity contribution in [3.8, 4) is 0 Å². The van der Waals surface area contributed by atoms with E-state index in [1.165, 1.54) is 37.3 Å². The minimum Gasteiger partial charge on any atom is -0.480 e. The highest BCUT2D eigenvalue weighted by atomic mass is 32.2. The van der Waals surface area contributed by atoms with Gasteiger partial charge in [-0.1, -0.05) is 25.5 Å². The van der Waals surface area contributed by atoms with Gasteiger partial charge in [0.1, 0.15) is 9.75 Å². The molecular weight excluding hydrogens is 376 g/mol. The Hall–Kier alpha value is -2.39. The maximum Gasteiger partial charge on any atom is 0.329 e. The topological polar surface area (TPSA) is 113 Å². The van der Waals surface area contributed by atoms with Crippen LogP contribution >= 0.6 is 11.3 Å². The van der Waals surface area contributed by atoms with Crippen LogP contribution in [0.2, 0.25) is 0 Å². The quantitative estimate of drug-likeness (QED) is 0.635. The van der Waals surface area contributed by atoms with Gasteiger partial charge in [-0.2, -0.15) is 0 Å². The van der Waals surface area contributed by atoms with E-state index < -0.39 is 27.4 Å². The van der Waals surface area contributed by atoms with Crippen molar-refractivity contribution in [3.63, 3.8) is 0 Å². The van der Waals surface area contributed by atoms with E-state index in [0.717, 1.165) is 11.3 Å². The van der Waals surface area contributed by atoms with Crippen LogP contribution in [0.25, 0.3) is 0 Å². The molecule has 2 aromatic rings. The Bertz CT molecular complexity index is 894. The van der Waals surface area contributed by atoms with Gasteiger partial charge in [-0.25, -0.2) is 13.2 Å². The number of amides is 1. The molecule has 0 aliphatic rings. The number of aliphatic carboxylic acids is 1. The Morgan fingerprint density at radius 2 is 1.96 bits per heavy atom. The minimum atomic E-state index is -3.73. The van der Waals surface area contributed by atoms with Gasteiger partial charge in [0.25, 0.3) is 15.9 Å². The van der Waals surface area contributed by atoms with Crippen LogP contribution in [0.4, 0.5) is 5.69 Å². The van der Waals surface area contributed by atoms with Gasteiger partial charge in [0.05, 0.1) is 0 Å². The third kappa shape index (κ3) is 4.61. The van der Waals surface area contributed by atoms with E-state index in [2.05, 4.69) is 10.0 Å². The second-order valence-corrected chi connectivity index (χ2v) is 8.82. The molecule has 0 spiro atoms. The molecule has 9 heteroatoms. The van der Waals surface area contributed by atoms with Crippen molar-refractivity contribution >= 4 is 38.9 Å². The summed E-state index contributed by atoms with van der Waals surface area (Å²) in [5.74, 6) is -1.71. The highest BCUT2D eigenvalue weighted by Gasteiger charge is 2.34. The van der Waals surface area contributed by atoms with Gasteiger partial charge in [-0.05, 0) is 43.0 Å². The molecule has 0 aliphatic heterocycles. The number of sulfonamides is 1. The zero-order valence-corrected chi connectivity index (χ0v) is 16.0. The zero-order valence-electron chi connectivity index (χ0n) is 14.4. The maximum atomic E-state index is 12.4. The minimum absolute atomic E-state index is 0.161. The Balaban J connectivity index is 2.21. The number of carboxylic acid groups (broad SMARTS) is 1. The number of carbonyl (C=O) groups is 2. The van der Waals surface area contributed by atoms with Crippen LogP contribution in [0, 0.1) is 0 Å². The van der Waals surface area contributed by atoms with Crippen molar-refractivity contribution in [1.29, 1.82) is 0 Å². The van der Waals surface area contributed by atoms with E-state index in [0.29, 0.717) is 6.42 Å². The van der Waals surface area contributed by atoms with Crippen LogP contribution in [-0.2, 0) is 14.8 Å². The smallest absolute Gasteiger partial charge is 0.329 e. The molecule has 1 aromatic heterocycles. The molecule has 1 atom stereocenters. The van der Waals surface area contributed by atoms with Gasteiger partial charge < -0.3 is 10.4 Å². The third-order valence-electron chi connectivity index (χ3n) is 3.75. The van der Waals surface area contributed by atoms with E-state index >= 15 is 0 Å². The summed E-state index contributed by atoms with van der Waals surface area (Å²) in [7, 11) is -3.73. The fraction of sp³-hybridized carbons (Fsp3) is 0.294. The van der Waals surface area contributed by atoms with Crippen molar-refractivity contribution in [2.75, 3.05) is 4.72 Å². The van der Waals surface area contributed by atoms with E-state index in [1.54, 1.807) is 11.4 Å². The number of carboxylic acids is 1. The lowest BCUT2D eigenvalue weighted by Gasteiger charge is -2.25. The van der Waals surface area contributed by atoms with Crippen LogP contribution in [0.15, 0.2) is 46.0 Å². The second kappa shape index (κ2) is 7.88. The Kier molecular flexibility index (Phi) is 6.04. The second-order valence-electron chi connectivity index (χ2n) is 5.96. The SMILES string of the molecule is CCCC(C)(NC(=O)c1cccc(NS(=O)(=O)c2cccs2)c1)C(=O)O. The number of benzene rings is 1. The first kappa shape index (κ1) is 19.9. The number of nitrogens with one attached hydrogen (secondary N) is 2. The lowest BCUT2D eigenvalue weighted by Crippen LogP contribution is -2.52. The number of anilines is 1. The molecule has 140 valence electrons. The predicted molar refractivity (Wildman–Crippen MR) is 100.0 cm³/mol. The largest absolute Gasteiger partial charge is 0.480 e. The number of carbonyl (C=O) groups excluding carboxylic acids is 1. The van der Waals surface area contributed by atoms with Gasteiger partial charge >= 0.3 is 5.97 Å². The van der Waals surface area contributed by atoms with Crippen LogP contribution in [0.3, 0.4) is 0 Å². The van der Waals surface area contributed by atoms with Crippen LogP contribution in [0.1, 0.15) is 37.0 Å². The molecule has 1 heterocycles. The zero-order chi connectivity index (χ0) is 19.4. The molecule has 2 rings (SSSR count). The van der Waals surface area contributed by atoms with Crippen LogP contribution < -0.4 is 10.0 Å². The molecule has 0 fully saturated rings. The highest BCUT2D eigenvalue weighted by molar-refractivity contribution is 7.94. The summed E-state index contributed by atoms with van der Waals surface area (Å²) >= 11 is 1.08. The molecule has 0 bridgehead atoms. The summed E-state index contributed by atoms with van der Waals surface area (Å²) in [6, 6.07) is 9.01. The van der Waals surface area contributed by atoms with E-state index in [-0.39, 0.29) is 21.9 Å². The van der Waals surface area contributed by atoms with Gasteiger partial charge in [0.15, 0.2) is 0 Å². The molecule has 1 aromatic carbocycles. The Morgan fingerprint density at radius 3 is 2.54 bits per heavy atom. The van der Waals surface area contributed by atoms with E-state index in [1.807, 2.05) is 6.92 Å². The fourth-order valence-corrected chi connectivity index (χ4v) is 4.43. The summed E-state index contributed by atoms with van der Waals surface area (Å²) in [6.07, 6.45) is 0.864. The van der Waals surface area contributed by atoms with Crippen molar-refractivity contribution in [3.05, 3.63) is 47.3 Å². The summed E-state index contributed by atoms with van der Waals surface area (Å²) in [5.41, 5.74) is -1.00. The summed E-state index contributed by atoms with van der Waals surface area (Å²) < 4.78 is 27.1. The molecule has 0 radical (unpaired) electrons. The molecule has 1 unspecified atom stereocenters. The first-order valence-electron chi connectivity index (χ1n) is 7.90. The molecule has 1 amide bonds. The van der Waals surface area contributed by atoms with Crippen molar-refractivity contribution in [2.24, 2.45) is 0 Å².